The molecule has 4 aromatic rings. The van der Waals surface area contributed by atoms with Gasteiger partial charge in [0.1, 0.15) is 0 Å². The molecule has 2 aromatic heterocycles. The van der Waals surface area contributed by atoms with E-state index in [-0.39, 0.29) is 27.6 Å². The Morgan fingerprint density at radius 1 is 0.553 bits per heavy atom. The Morgan fingerprint density at radius 2 is 0.936 bits per heavy atom. The van der Waals surface area contributed by atoms with Crippen LogP contribution in [0.1, 0.15) is 128 Å². The summed E-state index contributed by atoms with van der Waals surface area (Å²) in [6.45, 7) is 28.8. The zero-order valence-electron chi connectivity index (χ0n) is 31.1. The molecule has 2 aromatic carbocycles. The van der Waals surface area contributed by atoms with Crippen LogP contribution in [0.3, 0.4) is 0 Å². The van der Waals surface area contributed by atoms with E-state index in [1.165, 1.54) is 27.8 Å². The Bertz CT molecular complexity index is 1610. The molecular formula is C43H58N2O2+2. The van der Waals surface area contributed by atoms with Crippen LogP contribution in [-0.4, -0.2) is 12.6 Å². The minimum absolute atomic E-state index is 0.0465. The molecule has 4 heteroatoms. The molecule has 0 aliphatic rings. The second-order valence-electron chi connectivity index (χ2n) is 17.3. The fourth-order valence-electron chi connectivity index (χ4n) is 5.52. The van der Waals surface area contributed by atoms with Gasteiger partial charge < -0.3 is 4.74 Å². The van der Waals surface area contributed by atoms with E-state index in [4.69, 9.17) is 4.74 Å². The lowest BCUT2D eigenvalue weighted by atomic mass is 9.79. The quantitative estimate of drug-likeness (QED) is 0.110. The molecule has 0 radical (unpaired) electrons. The zero-order valence-corrected chi connectivity index (χ0v) is 31.1. The predicted molar refractivity (Wildman–Crippen MR) is 194 cm³/mol. The highest BCUT2D eigenvalue weighted by atomic mass is 16.5. The SMILES string of the molecule is CC(C)(C)c1cc(C[n+]2ccc(-c3cc[n+](CCCOC(=O)c4cc(C(C)(C)C)cc(C(C)(C)C)c4)cc3)cc2)cc(C(C)(C)C)c1. The van der Waals surface area contributed by atoms with Gasteiger partial charge in [-0.15, -0.1) is 0 Å². The van der Waals surface area contributed by atoms with Crippen LogP contribution in [-0.2, 0) is 39.5 Å². The average molecular weight is 635 g/mol. The number of aromatic nitrogens is 2. The first-order valence-corrected chi connectivity index (χ1v) is 17.2. The number of benzene rings is 2. The summed E-state index contributed by atoms with van der Waals surface area (Å²) in [5.41, 5.74) is 9.53. The van der Waals surface area contributed by atoms with Crippen LogP contribution in [0.2, 0.25) is 0 Å². The van der Waals surface area contributed by atoms with E-state index in [9.17, 15) is 4.79 Å². The van der Waals surface area contributed by atoms with Crippen molar-refractivity contribution in [1.82, 2.24) is 0 Å². The van der Waals surface area contributed by atoms with Crippen molar-refractivity contribution in [2.24, 2.45) is 0 Å². The van der Waals surface area contributed by atoms with E-state index >= 15 is 0 Å². The van der Waals surface area contributed by atoms with E-state index in [1.807, 2.05) is 12.1 Å². The van der Waals surface area contributed by atoms with E-state index in [1.54, 1.807) is 0 Å². The first kappa shape index (κ1) is 36.1. The summed E-state index contributed by atoms with van der Waals surface area (Å²) >= 11 is 0. The zero-order chi connectivity index (χ0) is 34.8. The summed E-state index contributed by atoms with van der Waals surface area (Å²) in [7, 11) is 0. The van der Waals surface area contributed by atoms with Gasteiger partial charge in [-0.2, -0.15) is 0 Å². The normalized spacial score (nSPS) is 12.7. The van der Waals surface area contributed by atoms with Crippen LogP contribution in [0, 0.1) is 0 Å². The van der Waals surface area contributed by atoms with E-state index in [0.717, 1.165) is 30.6 Å². The average Bonchev–Trinajstić information content (AvgIpc) is 2.98. The topological polar surface area (TPSA) is 34.1 Å². The third-order valence-electron chi connectivity index (χ3n) is 8.90. The Kier molecular flexibility index (Phi) is 10.5. The number of ether oxygens (including phenoxy) is 1. The standard InChI is InChI=1S/C43H58N2O2/c1-40(2,3)35-24-31(25-36(28-35)41(4,5)6)30-45-21-16-33(17-22-45)32-14-19-44(20-15-32)18-13-23-47-39(46)34-26-37(42(7,8)9)29-38(27-34)43(10,11)12/h14-17,19-22,24-29H,13,18,23,30H2,1-12H3/q+2. The number of pyridine rings is 2. The summed E-state index contributed by atoms with van der Waals surface area (Å²) in [6, 6.07) is 22.0. The number of nitrogens with zero attached hydrogens (tertiary/aromatic N) is 2. The van der Waals surface area contributed by atoms with Gasteiger partial charge in [0, 0.05) is 36.2 Å². The fourth-order valence-corrected chi connectivity index (χ4v) is 5.52. The van der Waals surface area contributed by atoms with Gasteiger partial charge in [-0.1, -0.05) is 95.2 Å². The Balaban J connectivity index is 1.35. The molecule has 0 aliphatic carbocycles. The van der Waals surface area contributed by atoms with Crippen LogP contribution in [0.15, 0.2) is 85.5 Å². The lowest BCUT2D eigenvalue weighted by molar-refractivity contribution is -0.697. The maximum Gasteiger partial charge on any atom is 0.338 e. The van der Waals surface area contributed by atoms with Gasteiger partial charge in [0.05, 0.1) is 12.2 Å². The number of aryl methyl sites for hydroxylation is 1. The highest BCUT2D eigenvalue weighted by Gasteiger charge is 2.24. The Morgan fingerprint density at radius 3 is 1.34 bits per heavy atom. The van der Waals surface area contributed by atoms with Gasteiger partial charge in [0.2, 0.25) is 0 Å². The second kappa shape index (κ2) is 13.7. The summed E-state index contributed by atoms with van der Waals surface area (Å²) in [5.74, 6) is -0.250. The molecule has 250 valence electrons. The highest BCUT2D eigenvalue weighted by Crippen LogP contribution is 2.32. The number of carbonyl (C=O) groups is 1. The molecule has 0 saturated carbocycles. The van der Waals surface area contributed by atoms with Gasteiger partial charge in [-0.25, -0.2) is 13.9 Å². The molecule has 4 nitrogen and oxygen atoms in total. The lowest BCUT2D eigenvalue weighted by Gasteiger charge is -2.25. The van der Waals surface area contributed by atoms with Crippen molar-refractivity contribution >= 4 is 5.97 Å². The van der Waals surface area contributed by atoms with Gasteiger partial charge >= 0.3 is 5.97 Å². The number of carbonyl (C=O) groups excluding carboxylic acids is 1. The van der Waals surface area contributed by atoms with Crippen molar-refractivity contribution in [1.29, 1.82) is 0 Å². The van der Waals surface area contributed by atoms with Crippen molar-refractivity contribution in [2.75, 3.05) is 6.61 Å². The molecule has 2 heterocycles. The molecule has 0 atom stereocenters. The van der Waals surface area contributed by atoms with Crippen molar-refractivity contribution in [3.05, 3.63) is 119 Å². The van der Waals surface area contributed by atoms with Gasteiger partial charge in [-0.05, 0) is 79.3 Å². The van der Waals surface area contributed by atoms with Gasteiger partial charge in [0.15, 0.2) is 37.9 Å². The number of rotatable bonds is 8. The smallest absolute Gasteiger partial charge is 0.338 e. The predicted octanol–water partition coefficient (Wildman–Crippen LogP) is 9.41. The molecule has 4 rings (SSSR count). The molecule has 0 aliphatic heterocycles. The number of hydrogen-bond donors (Lipinski definition) is 0. The van der Waals surface area contributed by atoms with Gasteiger partial charge in [0.25, 0.3) is 0 Å². The number of esters is 1. The molecule has 47 heavy (non-hydrogen) atoms. The van der Waals surface area contributed by atoms with Crippen molar-refractivity contribution < 1.29 is 18.7 Å². The van der Waals surface area contributed by atoms with Crippen molar-refractivity contribution in [3.63, 3.8) is 0 Å². The van der Waals surface area contributed by atoms with E-state index in [0.29, 0.717) is 12.2 Å². The summed E-state index contributed by atoms with van der Waals surface area (Å²) in [5, 5.41) is 0. The fraction of sp³-hybridized carbons (Fsp3) is 0.465. The molecule has 0 N–H and O–H groups in total. The minimum Gasteiger partial charge on any atom is -0.462 e. The Labute approximate surface area is 284 Å². The highest BCUT2D eigenvalue weighted by molar-refractivity contribution is 5.90. The summed E-state index contributed by atoms with van der Waals surface area (Å²) in [6.07, 6.45) is 9.30. The lowest BCUT2D eigenvalue weighted by Crippen LogP contribution is -2.34. The van der Waals surface area contributed by atoms with Crippen LogP contribution in [0.5, 0.6) is 0 Å². The minimum atomic E-state index is -0.250. The summed E-state index contributed by atoms with van der Waals surface area (Å²) < 4.78 is 10.1. The molecule has 0 fully saturated rings. The molecule has 0 spiro atoms. The number of hydrogen-bond acceptors (Lipinski definition) is 2. The molecule has 0 amide bonds. The third kappa shape index (κ3) is 9.86. The maximum atomic E-state index is 13.0. The van der Waals surface area contributed by atoms with E-state index in [2.05, 4.69) is 166 Å². The Hall–Kier alpha value is -3.79. The molecule has 0 unspecified atom stereocenters. The van der Waals surface area contributed by atoms with Crippen LogP contribution in [0.4, 0.5) is 0 Å². The van der Waals surface area contributed by atoms with Crippen LogP contribution in [0.25, 0.3) is 11.1 Å². The monoisotopic (exact) mass is 634 g/mol. The second-order valence-corrected chi connectivity index (χ2v) is 17.3. The first-order chi connectivity index (χ1) is 21.7. The van der Waals surface area contributed by atoms with Crippen molar-refractivity contribution in [3.8, 4) is 11.1 Å². The van der Waals surface area contributed by atoms with Crippen LogP contribution >= 0.6 is 0 Å². The molecular weight excluding hydrogens is 576 g/mol. The van der Waals surface area contributed by atoms with Crippen molar-refractivity contribution in [2.45, 2.75) is 124 Å². The van der Waals surface area contributed by atoms with E-state index < -0.39 is 0 Å². The van der Waals surface area contributed by atoms with Crippen LogP contribution < -0.4 is 9.13 Å². The largest absolute Gasteiger partial charge is 0.462 e. The molecule has 0 bridgehead atoms. The molecule has 0 saturated heterocycles. The first-order valence-electron chi connectivity index (χ1n) is 17.2. The van der Waals surface area contributed by atoms with Gasteiger partial charge in [-0.3, -0.25) is 0 Å². The summed E-state index contributed by atoms with van der Waals surface area (Å²) in [4.78, 5) is 13.0. The maximum absolute atomic E-state index is 13.0. The third-order valence-corrected chi connectivity index (χ3v) is 8.90.